The Hall–Kier alpha value is -3.81. The van der Waals surface area contributed by atoms with Crippen molar-refractivity contribution in [1.29, 1.82) is 0 Å². The highest BCUT2D eigenvalue weighted by atomic mass is 16.5. The smallest absolute Gasteiger partial charge is 0.254 e. The third-order valence-electron chi connectivity index (χ3n) is 5.76. The molecule has 2 aromatic carbocycles. The maximum Gasteiger partial charge on any atom is 0.254 e. The lowest BCUT2D eigenvalue weighted by Gasteiger charge is -2.18. The number of rotatable bonds is 10. The van der Waals surface area contributed by atoms with Crippen molar-refractivity contribution in [3.63, 3.8) is 0 Å². The van der Waals surface area contributed by atoms with Crippen LogP contribution in [0.15, 0.2) is 30.3 Å². The maximum absolute atomic E-state index is 12.6. The lowest BCUT2D eigenvalue weighted by atomic mass is 9.90. The molecule has 3 amide bonds. The fourth-order valence-electron chi connectivity index (χ4n) is 4.04. The highest BCUT2D eigenvalue weighted by Crippen LogP contribution is 2.35. The van der Waals surface area contributed by atoms with Crippen LogP contribution in [0.25, 0.3) is 5.57 Å². The molecule has 0 saturated heterocycles. The van der Waals surface area contributed by atoms with E-state index in [0.29, 0.717) is 41.9 Å². The first-order valence-corrected chi connectivity index (χ1v) is 12.4. The molecule has 2 aromatic rings. The normalized spacial score (nSPS) is 9.86. The van der Waals surface area contributed by atoms with Crippen LogP contribution in [0.5, 0.6) is 11.5 Å². The van der Waals surface area contributed by atoms with E-state index in [1.807, 2.05) is 45.9 Å². The zero-order valence-corrected chi connectivity index (χ0v) is 23.5. The van der Waals surface area contributed by atoms with Gasteiger partial charge < -0.3 is 25.4 Å². The van der Waals surface area contributed by atoms with E-state index in [-0.39, 0.29) is 17.7 Å². The Kier molecular flexibility index (Phi) is 12.9. The van der Waals surface area contributed by atoms with Crippen molar-refractivity contribution in [2.45, 2.75) is 47.0 Å². The Bertz CT molecular complexity index is 1060. The van der Waals surface area contributed by atoms with Gasteiger partial charge in [-0.1, -0.05) is 19.9 Å². The molecule has 8 nitrogen and oxygen atoms in total. The van der Waals surface area contributed by atoms with Gasteiger partial charge in [0.25, 0.3) is 11.8 Å². The predicted octanol–water partition coefficient (Wildman–Crippen LogP) is 4.41. The molecule has 8 heteroatoms. The summed E-state index contributed by atoms with van der Waals surface area (Å²) in [5.74, 6) is 0.461. The van der Waals surface area contributed by atoms with Gasteiger partial charge >= 0.3 is 0 Å². The average molecular weight is 512 g/mol. The molecule has 0 unspecified atom stereocenters. The summed E-state index contributed by atoms with van der Waals surface area (Å²) in [5.41, 5.74) is 4.88. The molecule has 37 heavy (non-hydrogen) atoms. The topological polar surface area (TPSA) is 106 Å². The van der Waals surface area contributed by atoms with Gasteiger partial charge in [-0.05, 0) is 78.8 Å². The maximum atomic E-state index is 12.6. The summed E-state index contributed by atoms with van der Waals surface area (Å²) in [7, 11) is 7.83. The van der Waals surface area contributed by atoms with Crippen LogP contribution in [0.2, 0.25) is 0 Å². The summed E-state index contributed by atoms with van der Waals surface area (Å²) >= 11 is 0. The monoisotopic (exact) mass is 511 g/mol. The van der Waals surface area contributed by atoms with Gasteiger partial charge in [0.15, 0.2) is 0 Å². The molecular formula is C29H41N3O5. The number of carbonyl (C=O) groups is 3. The van der Waals surface area contributed by atoms with Crippen molar-refractivity contribution in [3.05, 3.63) is 63.7 Å². The second-order valence-corrected chi connectivity index (χ2v) is 8.09. The van der Waals surface area contributed by atoms with Gasteiger partial charge in [0.1, 0.15) is 11.5 Å². The number of aryl methyl sites for hydroxylation is 2. The second-order valence-electron chi connectivity index (χ2n) is 8.09. The molecule has 0 fully saturated rings. The van der Waals surface area contributed by atoms with Gasteiger partial charge in [0.2, 0.25) is 5.91 Å². The Labute approximate surface area is 220 Å². The molecule has 202 valence electrons. The molecule has 0 aliphatic rings. The van der Waals surface area contributed by atoms with E-state index in [1.165, 1.54) is 14.2 Å². The molecule has 0 saturated carbocycles. The first-order valence-electron chi connectivity index (χ1n) is 12.4. The predicted molar refractivity (Wildman–Crippen MR) is 149 cm³/mol. The SMILES string of the molecule is CC.CNC(=O)CCCC=C(c1cc(C)c(OC)c(C(=O)NC)c1)c1cc(C)c(OC)c(C(=O)NC)c1. The molecule has 0 radical (unpaired) electrons. The third kappa shape index (κ3) is 7.84. The highest BCUT2D eigenvalue weighted by molar-refractivity contribution is 6.00. The minimum atomic E-state index is -0.261. The van der Waals surface area contributed by atoms with Crippen LogP contribution in [0, 0.1) is 13.8 Å². The minimum absolute atomic E-state index is 0.0238. The van der Waals surface area contributed by atoms with Gasteiger partial charge in [0.05, 0.1) is 25.3 Å². The fourth-order valence-corrected chi connectivity index (χ4v) is 4.04. The van der Waals surface area contributed by atoms with Crippen molar-refractivity contribution in [3.8, 4) is 11.5 Å². The molecule has 0 atom stereocenters. The average Bonchev–Trinajstić information content (AvgIpc) is 2.92. The lowest BCUT2D eigenvalue weighted by molar-refractivity contribution is -0.120. The Morgan fingerprint density at radius 2 is 1.19 bits per heavy atom. The van der Waals surface area contributed by atoms with Crippen LogP contribution >= 0.6 is 0 Å². The van der Waals surface area contributed by atoms with Gasteiger partial charge in [-0.25, -0.2) is 0 Å². The van der Waals surface area contributed by atoms with Gasteiger partial charge in [0, 0.05) is 27.6 Å². The second kappa shape index (κ2) is 15.3. The van der Waals surface area contributed by atoms with E-state index in [1.54, 1.807) is 33.3 Å². The molecule has 0 heterocycles. The molecule has 0 aliphatic carbocycles. The summed E-state index contributed by atoms with van der Waals surface area (Å²) in [6.45, 7) is 7.76. The number of methoxy groups -OCH3 is 2. The molecule has 0 aliphatic heterocycles. The number of amides is 3. The number of hydrogen-bond donors (Lipinski definition) is 3. The van der Waals surface area contributed by atoms with Crippen molar-refractivity contribution in [2.75, 3.05) is 35.4 Å². The first kappa shape index (κ1) is 31.2. The number of nitrogens with one attached hydrogen (secondary N) is 3. The van der Waals surface area contributed by atoms with Crippen LogP contribution in [0.3, 0.4) is 0 Å². The Morgan fingerprint density at radius 3 is 1.54 bits per heavy atom. The van der Waals surface area contributed by atoms with E-state index in [4.69, 9.17) is 9.47 Å². The summed E-state index contributed by atoms with van der Waals surface area (Å²) in [4.78, 5) is 36.9. The minimum Gasteiger partial charge on any atom is -0.496 e. The molecule has 2 rings (SSSR count). The molecule has 0 aromatic heterocycles. The fraction of sp³-hybridized carbons (Fsp3) is 0.414. The standard InChI is InChI=1S/C27H35N3O5.C2H6/c1-16-12-18(14-21(24(16)34-6)26(32)29-4)20(10-8-9-11-23(31)28-3)19-13-17(2)25(35-7)22(15-19)27(33)30-5;1-2/h10,12-15H,8-9,11H2,1-7H3,(H,28,31)(H,29,32)(H,30,33);1-2H3. The van der Waals surface area contributed by atoms with Crippen molar-refractivity contribution in [2.24, 2.45) is 0 Å². The number of allylic oxidation sites excluding steroid dienone is 1. The van der Waals surface area contributed by atoms with E-state index >= 15 is 0 Å². The summed E-state index contributed by atoms with van der Waals surface area (Å²) in [6, 6.07) is 7.48. The first-order chi connectivity index (χ1) is 17.7. The van der Waals surface area contributed by atoms with Crippen LogP contribution in [-0.4, -0.2) is 53.1 Å². The number of hydrogen-bond acceptors (Lipinski definition) is 5. The summed E-state index contributed by atoms with van der Waals surface area (Å²) in [5, 5.41) is 7.96. The number of carbonyl (C=O) groups excluding carboxylic acids is 3. The van der Waals surface area contributed by atoms with Crippen molar-refractivity contribution in [1.82, 2.24) is 16.0 Å². The summed E-state index contributed by atoms with van der Waals surface area (Å²) in [6.07, 6.45) is 3.71. The van der Waals surface area contributed by atoms with Crippen molar-refractivity contribution >= 4 is 23.3 Å². The Morgan fingerprint density at radius 1 is 0.757 bits per heavy atom. The van der Waals surface area contributed by atoms with E-state index in [0.717, 1.165) is 27.8 Å². The number of unbranched alkanes of at least 4 members (excludes halogenated alkanes) is 1. The van der Waals surface area contributed by atoms with E-state index in [9.17, 15) is 14.4 Å². The quantitative estimate of drug-likeness (QED) is 0.410. The Balaban J connectivity index is 0.00000334. The van der Waals surface area contributed by atoms with Crippen LogP contribution in [0.1, 0.15) is 76.1 Å². The zero-order chi connectivity index (χ0) is 28.1. The van der Waals surface area contributed by atoms with Crippen LogP contribution in [0.4, 0.5) is 0 Å². The number of benzene rings is 2. The molecular weight excluding hydrogens is 470 g/mol. The molecule has 3 N–H and O–H groups in total. The van der Waals surface area contributed by atoms with Crippen molar-refractivity contribution < 1.29 is 23.9 Å². The van der Waals surface area contributed by atoms with Gasteiger partial charge in [-0.3, -0.25) is 14.4 Å². The van der Waals surface area contributed by atoms with Crippen LogP contribution in [-0.2, 0) is 4.79 Å². The van der Waals surface area contributed by atoms with E-state index < -0.39 is 0 Å². The zero-order valence-electron chi connectivity index (χ0n) is 23.5. The number of ether oxygens (including phenoxy) is 2. The third-order valence-corrected chi connectivity index (χ3v) is 5.76. The lowest BCUT2D eigenvalue weighted by Crippen LogP contribution is -2.20. The molecule has 0 bridgehead atoms. The van der Waals surface area contributed by atoms with E-state index in [2.05, 4.69) is 16.0 Å². The van der Waals surface area contributed by atoms with Crippen LogP contribution < -0.4 is 25.4 Å². The van der Waals surface area contributed by atoms with Gasteiger partial charge in [-0.2, -0.15) is 0 Å². The largest absolute Gasteiger partial charge is 0.496 e. The highest BCUT2D eigenvalue weighted by Gasteiger charge is 2.20. The van der Waals surface area contributed by atoms with Gasteiger partial charge in [-0.15, -0.1) is 0 Å². The summed E-state index contributed by atoms with van der Waals surface area (Å²) < 4.78 is 11.0. The molecule has 0 spiro atoms.